The molecule has 0 spiro atoms. The first kappa shape index (κ1) is 48.9. The Balaban J connectivity index is 2.46. The lowest BCUT2D eigenvalue weighted by atomic mass is 9.99. The maximum absolute atomic E-state index is 13.0. The number of allylic oxidation sites excluding steroid dienone is 1. The highest BCUT2D eigenvalue weighted by atomic mass is 16.7. The van der Waals surface area contributed by atoms with E-state index in [2.05, 4.69) is 19.2 Å². The molecule has 0 unspecified atom stereocenters. The number of hydrogen-bond donors (Lipinski definition) is 7. The van der Waals surface area contributed by atoms with Crippen molar-refractivity contribution in [3.05, 3.63) is 12.2 Å². The molecule has 0 aliphatic carbocycles. The predicted octanol–water partition coefficient (Wildman–Crippen LogP) is 7.14. The van der Waals surface area contributed by atoms with E-state index in [1.807, 2.05) is 6.08 Å². The third kappa shape index (κ3) is 23.6. The van der Waals surface area contributed by atoms with Gasteiger partial charge in [0.1, 0.15) is 30.5 Å². The summed E-state index contributed by atoms with van der Waals surface area (Å²) in [6, 6.07) is -0.973. The number of nitrogens with one attached hydrogen (secondary N) is 1. The fraction of sp³-hybridized carbons (Fsp3) is 0.929. The molecule has 1 aliphatic rings. The van der Waals surface area contributed by atoms with Crippen LogP contribution < -0.4 is 5.32 Å². The van der Waals surface area contributed by atoms with Crippen LogP contribution in [-0.2, 0) is 14.3 Å². The van der Waals surface area contributed by atoms with Crippen molar-refractivity contribution in [1.29, 1.82) is 0 Å². The van der Waals surface area contributed by atoms with Gasteiger partial charge >= 0.3 is 0 Å². The van der Waals surface area contributed by atoms with Crippen LogP contribution in [0.1, 0.15) is 187 Å². The summed E-state index contributed by atoms with van der Waals surface area (Å²) < 4.78 is 11.1. The minimum Gasteiger partial charge on any atom is -0.394 e. The number of ether oxygens (including phenoxy) is 2. The summed E-state index contributed by atoms with van der Waals surface area (Å²) in [6.45, 7) is 3.59. The zero-order chi connectivity index (χ0) is 38.2. The third-order valence-corrected chi connectivity index (χ3v) is 10.5. The van der Waals surface area contributed by atoms with E-state index in [1.165, 1.54) is 122 Å². The Hall–Kier alpha value is -1.11. The third-order valence-electron chi connectivity index (χ3n) is 10.5. The molecule has 10 nitrogen and oxygen atoms in total. The van der Waals surface area contributed by atoms with E-state index in [0.29, 0.717) is 6.42 Å². The number of aliphatic hydroxyl groups is 6. The number of rotatable bonds is 35. The highest BCUT2D eigenvalue weighted by Crippen LogP contribution is 2.23. The highest BCUT2D eigenvalue weighted by molar-refractivity contribution is 5.80. The van der Waals surface area contributed by atoms with Gasteiger partial charge in [0.25, 0.3) is 0 Å². The zero-order valence-corrected chi connectivity index (χ0v) is 33.2. The van der Waals surface area contributed by atoms with Crippen molar-refractivity contribution < 1.29 is 44.9 Å². The Morgan fingerprint density at radius 1 is 0.654 bits per heavy atom. The first-order valence-corrected chi connectivity index (χ1v) is 21.5. The average molecular weight is 744 g/mol. The largest absolute Gasteiger partial charge is 0.394 e. The van der Waals surface area contributed by atoms with Crippen LogP contribution in [-0.4, -0.2) is 98.7 Å². The van der Waals surface area contributed by atoms with Gasteiger partial charge in [0.05, 0.1) is 25.4 Å². The lowest BCUT2D eigenvalue weighted by molar-refractivity contribution is -0.302. The fourth-order valence-electron chi connectivity index (χ4n) is 6.87. The topological polar surface area (TPSA) is 169 Å². The number of carbonyl (C=O) groups excluding carboxylic acids is 1. The number of amides is 1. The van der Waals surface area contributed by atoms with Gasteiger partial charge in [-0.05, 0) is 19.3 Å². The van der Waals surface area contributed by atoms with Crippen molar-refractivity contribution in [1.82, 2.24) is 5.32 Å². The van der Waals surface area contributed by atoms with Crippen molar-refractivity contribution in [2.24, 2.45) is 0 Å². The molecule has 1 rings (SSSR count). The second-order valence-electron chi connectivity index (χ2n) is 15.3. The van der Waals surface area contributed by atoms with E-state index < -0.39 is 61.5 Å². The van der Waals surface area contributed by atoms with Gasteiger partial charge in [-0.3, -0.25) is 4.79 Å². The molecule has 0 aromatic rings. The van der Waals surface area contributed by atoms with Crippen LogP contribution in [0, 0.1) is 0 Å². The summed E-state index contributed by atoms with van der Waals surface area (Å²) in [4.78, 5) is 13.0. The van der Waals surface area contributed by atoms with Gasteiger partial charge in [-0.1, -0.05) is 180 Å². The van der Waals surface area contributed by atoms with E-state index in [-0.39, 0.29) is 6.61 Å². The van der Waals surface area contributed by atoms with Crippen LogP contribution in [0.2, 0.25) is 0 Å². The average Bonchev–Trinajstić information content (AvgIpc) is 3.14. The Kier molecular flexibility index (Phi) is 31.3. The summed E-state index contributed by atoms with van der Waals surface area (Å²) in [7, 11) is 0. The number of hydrogen-bond acceptors (Lipinski definition) is 9. The maximum Gasteiger partial charge on any atom is 0.249 e. The lowest BCUT2D eigenvalue weighted by Crippen LogP contribution is -2.60. The van der Waals surface area contributed by atoms with Gasteiger partial charge in [-0.15, -0.1) is 0 Å². The quantitative estimate of drug-likeness (QED) is 0.0264. The summed E-state index contributed by atoms with van der Waals surface area (Å²) in [6.07, 6.45) is 25.8. The van der Waals surface area contributed by atoms with Gasteiger partial charge in [-0.25, -0.2) is 0 Å². The molecule has 0 radical (unpaired) electrons. The molecule has 1 fully saturated rings. The first-order valence-electron chi connectivity index (χ1n) is 21.5. The van der Waals surface area contributed by atoms with E-state index in [4.69, 9.17) is 9.47 Å². The Morgan fingerprint density at radius 2 is 1.10 bits per heavy atom. The SMILES string of the molecule is CCCCCCCCCCCCC/C=C/[C@@H](O)[C@H](CO[C@@H]1O[C@H](CO)[C@H](O)[C@H](O)[C@H]1O)NC(=O)[C@@H](O)CCCCCCCCCCCCCCCC. The van der Waals surface area contributed by atoms with Crippen LogP contribution in [0.3, 0.4) is 0 Å². The van der Waals surface area contributed by atoms with Crippen molar-refractivity contribution in [2.75, 3.05) is 13.2 Å². The van der Waals surface area contributed by atoms with Crippen molar-refractivity contribution >= 4 is 5.91 Å². The zero-order valence-electron chi connectivity index (χ0n) is 33.2. The van der Waals surface area contributed by atoms with Gasteiger partial charge in [-0.2, -0.15) is 0 Å². The minimum absolute atomic E-state index is 0.302. The molecule has 1 amide bonds. The summed E-state index contributed by atoms with van der Waals surface area (Å²) in [5.41, 5.74) is 0. The Labute approximate surface area is 317 Å². The fourth-order valence-corrected chi connectivity index (χ4v) is 6.87. The number of unbranched alkanes of at least 4 members (excludes halogenated alkanes) is 24. The molecule has 10 heteroatoms. The van der Waals surface area contributed by atoms with Crippen LogP contribution >= 0.6 is 0 Å². The molecule has 1 saturated heterocycles. The van der Waals surface area contributed by atoms with Crippen LogP contribution in [0.15, 0.2) is 12.2 Å². The van der Waals surface area contributed by atoms with Gasteiger partial charge in [0, 0.05) is 0 Å². The molecule has 1 heterocycles. The molecular weight excluding hydrogens is 662 g/mol. The molecule has 1 aliphatic heterocycles. The van der Waals surface area contributed by atoms with E-state index in [9.17, 15) is 35.4 Å². The second-order valence-corrected chi connectivity index (χ2v) is 15.3. The molecule has 0 bridgehead atoms. The van der Waals surface area contributed by atoms with Gasteiger partial charge in [0.15, 0.2) is 6.29 Å². The van der Waals surface area contributed by atoms with Crippen molar-refractivity contribution in [3.8, 4) is 0 Å². The summed E-state index contributed by atoms with van der Waals surface area (Å²) >= 11 is 0. The van der Waals surface area contributed by atoms with Crippen LogP contribution in [0.25, 0.3) is 0 Å². The first-order chi connectivity index (χ1) is 25.3. The monoisotopic (exact) mass is 744 g/mol. The lowest BCUT2D eigenvalue weighted by Gasteiger charge is -2.40. The second kappa shape index (κ2) is 33.2. The van der Waals surface area contributed by atoms with E-state index in [1.54, 1.807) is 6.08 Å². The van der Waals surface area contributed by atoms with Crippen LogP contribution in [0.4, 0.5) is 0 Å². The Morgan fingerprint density at radius 3 is 1.56 bits per heavy atom. The highest BCUT2D eigenvalue weighted by Gasteiger charge is 2.44. The molecule has 0 saturated carbocycles. The van der Waals surface area contributed by atoms with Gasteiger partial charge < -0.3 is 45.4 Å². The molecule has 52 heavy (non-hydrogen) atoms. The summed E-state index contributed by atoms with van der Waals surface area (Å²) in [5.74, 6) is -0.616. The van der Waals surface area contributed by atoms with Crippen molar-refractivity contribution in [2.45, 2.75) is 236 Å². The molecular formula is C42H81NO9. The van der Waals surface area contributed by atoms with Crippen molar-refractivity contribution in [3.63, 3.8) is 0 Å². The molecule has 0 aromatic carbocycles. The molecule has 0 aromatic heterocycles. The summed E-state index contributed by atoms with van der Waals surface area (Å²) in [5, 5.41) is 64.5. The van der Waals surface area contributed by atoms with Crippen LogP contribution in [0.5, 0.6) is 0 Å². The Bertz CT molecular complexity index is 844. The number of aliphatic hydroxyl groups excluding tert-OH is 6. The van der Waals surface area contributed by atoms with Gasteiger partial charge in [0.2, 0.25) is 5.91 Å². The predicted molar refractivity (Wildman–Crippen MR) is 209 cm³/mol. The standard InChI is InChI=1S/C42H81NO9/c1-3-5-7-9-11-13-15-17-19-21-23-25-27-29-31-36(46)41(50)43-34(33-51-42-40(49)39(48)38(47)37(32-44)52-42)35(45)30-28-26-24-22-20-18-16-14-12-10-8-6-4-2/h28,30,34-40,42,44-49H,3-27,29,31-33H2,1-2H3,(H,43,50)/b30-28+/t34-,35+,36-,37+,38-,39-,40+,42+/m0/s1. The van der Waals surface area contributed by atoms with E-state index in [0.717, 1.165) is 44.9 Å². The normalized spacial score (nSPS) is 22.5. The molecule has 308 valence electrons. The minimum atomic E-state index is -1.61. The molecule has 8 atom stereocenters. The maximum atomic E-state index is 13.0. The van der Waals surface area contributed by atoms with E-state index >= 15 is 0 Å². The number of carbonyl (C=O) groups is 1. The smallest absolute Gasteiger partial charge is 0.249 e. The molecule has 7 N–H and O–H groups in total.